The SMILES string of the molecule is COC1O[C@@H](C)C(O)C(O)[C@]12CCC(=O)O2. The smallest absolute Gasteiger partial charge is 0.306 e. The first-order valence-corrected chi connectivity index (χ1v) is 5.27. The minimum atomic E-state index is -1.27. The summed E-state index contributed by atoms with van der Waals surface area (Å²) in [5.41, 5.74) is -1.27. The predicted molar refractivity (Wildman–Crippen MR) is 51.4 cm³/mol. The molecule has 0 amide bonds. The van der Waals surface area contributed by atoms with Gasteiger partial charge in [0.15, 0.2) is 5.60 Å². The van der Waals surface area contributed by atoms with Gasteiger partial charge in [0.2, 0.25) is 6.29 Å². The maximum atomic E-state index is 11.2. The molecule has 3 unspecified atom stereocenters. The van der Waals surface area contributed by atoms with Crippen molar-refractivity contribution in [1.29, 1.82) is 0 Å². The van der Waals surface area contributed by atoms with E-state index in [0.29, 0.717) is 0 Å². The van der Waals surface area contributed by atoms with Gasteiger partial charge in [-0.05, 0) is 6.92 Å². The summed E-state index contributed by atoms with van der Waals surface area (Å²) >= 11 is 0. The Morgan fingerprint density at radius 3 is 2.69 bits per heavy atom. The molecule has 2 N–H and O–H groups in total. The van der Waals surface area contributed by atoms with E-state index in [1.54, 1.807) is 6.92 Å². The van der Waals surface area contributed by atoms with Crippen LogP contribution in [0.3, 0.4) is 0 Å². The third-order valence-electron chi connectivity index (χ3n) is 3.28. The number of aliphatic hydroxyl groups is 2. The Hall–Kier alpha value is -0.690. The molecule has 2 aliphatic rings. The standard InChI is InChI=1S/C10H16O6/c1-5-7(12)8(13)10(9(14-2)15-5)4-3-6(11)16-10/h5,7-9,12-13H,3-4H2,1-2H3/t5-,7?,8?,9?,10+/m0/s1. The number of rotatable bonds is 1. The van der Waals surface area contributed by atoms with Crippen LogP contribution < -0.4 is 0 Å². The summed E-state index contributed by atoms with van der Waals surface area (Å²) in [7, 11) is 1.41. The second-order valence-corrected chi connectivity index (χ2v) is 4.27. The first-order valence-electron chi connectivity index (χ1n) is 5.27. The Labute approximate surface area is 93.1 Å². The molecule has 0 saturated carbocycles. The van der Waals surface area contributed by atoms with Crippen LogP contribution >= 0.6 is 0 Å². The highest BCUT2D eigenvalue weighted by atomic mass is 16.7. The zero-order chi connectivity index (χ0) is 11.9. The number of aliphatic hydroxyl groups excluding tert-OH is 2. The number of carbonyl (C=O) groups is 1. The number of hydrogen-bond donors (Lipinski definition) is 2. The summed E-state index contributed by atoms with van der Waals surface area (Å²) in [4.78, 5) is 11.2. The topological polar surface area (TPSA) is 85.2 Å². The molecule has 2 aliphatic heterocycles. The molecule has 0 aromatic rings. The third-order valence-corrected chi connectivity index (χ3v) is 3.28. The third kappa shape index (κ3) is 1.53. The van der Waals surface area contributed by atoms with Crippen LogP contribution in [0.4, 0.5) is 0 Å². The van der Waals surface area contributed by atoms with Crippen LogP contribution in [0.1, 0.15) is 19.8 Å². The van der Waals surface area contributed by atoms with E-state index in [1.807, 2.05) is 0 Å². The van der Waals surface area contributed by atoms with Gasteiger partial charge in [-0.2, -0.15) is 0 Å². The summed E-state index contributed by atoms with van der Waals surface area (Å²) in [6.45, 7) is 1.63. The van der Waals surface area contributed by atoms with Gasteiger partial charge in [-0.1, -0.05) is 0 Å². The Morgan fingerprint density at radius 2 is 2.19 bits per heavy atom. The molecule has 0 aromatic carbocycles. The molecule has 6 nitrogen and oxygen atoms in total. The van der Waals surface area contributed by atoms with Gasteiger partial charge in [0.05, 0.1) is 6.10 Å². The summed E-state index contributed by atoms with van der Waals surface area (Å²) in [6, 6.07) is 0. The van der Waals surface area contributed by atoms with E-state index in [1.165, 1.54) is 7.11 Å². The van der Waals surface area contributed by atoms with E-state index in [9.17, 15) is 15.0 Å². The van der Waals surface area contributed by atoms with Crippen molar-refractivity contribution >= 4 is 5.97 Å². The number of esters is 1. The van der Waals surface area contributed by atoms with Gasteiger partial charge in [0.25, 0.3) is 0 Å². The van der Waals surface area contributed by atoms with Crippen molar-refractivity contribution in [2.75, 3.05) is 7.11 Å². The van der Waals surface area contributed by atoms with Crippen molar-refractivity contribution in [3.63, 3.8) is 0 Å². The van der Waals surface area contributed by atoms with Gasteiger partial charge < -0.3 is 24.4 Å². The molecule has 0 radical (unpaired) electrons. The van der Waals surface area contributed by atoms with Gasteiger partial charge in [0, 0.05) is 20.0 Å². The zero-order valence-corrected chi connectivity index (χ0v) is 9.25. The summed E-state index contributed by atoms with van der Waals surface area (Å²) < 4.78 is 15.6. The molecular weight excluding hydrogens is 216 g/mol. The quantitative estimate of drug-likeness (QED) is 0.574. The highest BCUT2D eigenvalue weighted by molar-refractivity contribution is 5.72. The molecule has 0 bridgehead atoms. The lowest BCUT2D eigenvalue weighted by Gasteiger charge is -2.46. The molecule has 2 heterocycles. The maximum Gasteiger partial charge on any atom is 0.306 e. The fourth-order valence-electron chi connectivity index (χ4n) is 2.32. The van der Waals surface area contributed by atoms with E-state index in [2.05, 4.69) is 0 Å². The van der Waals surface area contributed by atoms with Crippen molar-refractivity contribution in [1.82, 2.24) is 0 Å². The van der Waals surface area contributed by atoms with Gasteiger partial charge >= 0.3 is 5.97 Å². The second-order valence-electron chi connectivity index (χ2n) is 4.27. The van der Waals surface area contributed by atoms with Crippen LogP contribution in [0.25, 0.3) is 0 Å². The van der Waals surface area contributed by atoms with Crippen LogP contribution in [0.2, 0.25) is 0 Å². The zero-order valence-electron chi connectivity index (χ0n) is 9.25. The van der Waals surface area contributed by atoms with Gasteiger partial charge in [0.1, 0.15) is 12.2 Å². The van der Waals surface area contributed by atoms with E-state index in [4.69, 9.17) is 14.2 Å². The molecular formula is C10H16O6. The van der Waals surface area contributed by atoms with Crippen molar-refractivity contribution in [2.24, 2.45) is 0 Å². The molecule has 2 rings (SSSR count). The van der Waals surface area contributed by atoms with E-state index >= 15 is 0 Å². The summed E-state index contributed by atoms with van der Waals surface area (Å²) in [5.74, 6) is -0.411. The molecule has 2 saturated heterocycles. The predicted octanol–water partition coefficient (Wildman–Crippen LogP) is -0.825. The summed E-state index contributed by atoms with van der Waals surface area (Å²) in [5, 5.41) is 19.8. The number of carbonyl (C=O) groups excluding carboxylic acids is 1. The fourth-order valence-corrected chi connectivity index (χ4v) is 2.32. The lowest BCUT2D eigenvalue weighted by Crippen LogP contribution is -2.65. The Kier molecular flexibility index (Phi) is 2.91. The van der Waals surface area contributed by atoms with Crippen LogP contribution in [0, 0.1) is 0 Å². The van der Waals surface area contributed by atoms with Crippen LogP contribution in [-0.4, -0.2) is 53.5 Å². The molecule has 0 aliphatic carbocycles. The normalized spacial score (nSPS) is 48.4. The number of ether oxygens (including phenoxy) is 3. The Balaban J connectivity index is 2.29. The molecule has 2 fully saturated rings. The van der Waals surface area contributed by atoms with Crippen LogP contribution in [-0.2, 0) is 19.0 Å². The average Bonchev–Trinajstić information content (AvgIpc) is 2.65. The van der Waals surface area contributed by atoms with Gasteiger partial charge in [-0.15, -0.1) is 0 Å². The first kappa shape index (κ1) is 11.8. The highest BCUT2D eigenvalue weighted by Gasteiger charge is 2.60. The highest BCUT2D eigenvalue weighted by Crippen LogP contribution is 2.41. The number of hydrogen-bond acceptors (Lipinski definition) is 6. The molecule has 92 valence electrons. The molecule has 16 heavy (non-hydrogen) atoms. The Bertz CT molecular complexity index is 289. The maximum absolute atomic E-state index is 11.2. The molecule has 5 atom stereocenters. The van der Waals surface area contributed by atoms with Crippen molar-refractivity contribution < 1.29 is 29.2 Å². The van der Waals surface area contributed by atoms with Crippen LogP contribution in [0.15, 0.2) is 0 Å². The van der Waals surface area contributed by atoms with E-state index < -0.39 is 36.2 Å². The fraction of sp³-hybridized carbons (Fsp3) is 0.900. The van der Waals surface area contributed by atoms with Crippen molar-refractivity contribution in [3.8, 4) is 0 Å². The van der Waals surface area contributed by atoms with Gasteiger partial charge in [-0.25, -0.2) is 0 Å². The average molecular weight is 232 g/mol. The van der Waals surface area contributed by atoms with E-state index in [0.717, 1.165) is 0 Å². The second kappa shape index (κ2) is 3.96. The van der Waals surface area contributed by atoms with E-state index in [-0.39, 0.29) is 12.8 Å². The van der Waals surface area contributed by atoms with Crippen molar-refractivity contribution in [3.05, 3.63) is 0 Å². The number of methoxy groups -OCH3 is 1. The largest absolute Gasteiger partial charge is 0.451 e. The van der Waals surface area contributed by atoms with Crippen molar-refractivity contribution in [2.45, 2.75) is 50.0 Å². The summed E-state index contributed by atoms with van der Waals surface area (Å²) in [6.07, 6.45) is -3.20. The minimum absolute atomic E-state index is 0.196. The van der Waals surface area contributed by atoms with Gasteiger partial charge in [-0.3, -0.25) is 4.79 Å². The monoisotopic (exact) mass is 232 g/mol. The molecule has 0 aromatic heterocycles. The molecule has 6 heteroatoms. The molecule has 1 spiro atoms. The lowest BCUT2D eigenvalue weighted by atomic mass is 9.84. The lowest BCUT2D eigenvalue weighted by molar-refractivity contribution is -0.324. The van der Waals surface area contributed by atoms with Crippen LogP contribution in [0.5, 0.6) is 0 Å². The first-order chi connectivity index (χ1) is 7.51. The Morgan fingerprint density at radius 1 is 1.50 bits per heavy atom. The minimum Gasteiger partial charge on any atom is -0.451 e.